The summed E-state index contributed by atoms with van der Waals surface area (Å²) >= 11 is 0. The van der Waals surface area contributed by atoms with Crippen molar-refractivity contribution < 1.29 is 24.2 Å². The fourth-order valence-corrected chi connectivity index (χ4v) is 3.77. The lowest BCUT2D eigenvalue weighted by Crippen LogP contribution is -2.27. The van der Waals surface area contributed by atoms with Crippen LogP contribution < -0.4 is 0 Å². The molecule has 0 fully saturated rings. The van der Waals surface area contributed by atoms with Crippen molar-refractivity contribution in [3.63, 3.8) is 0 Å². The van der Waals surface area contributed by atoms with Crippen molar-refractivity contribution in [2.45, 2.75) is 38.2 Å². The number of pyridine rings is 1. The van der Waals surface area contributed by atoms with Gasteiger partial charge < -0.3 is 10.2 Å². The first kappa shape index (κ1) is 24.0. The van der Waals surface area contributed by atoms with Crippen LogP contribution in [0.25, 0.3) is 22.4 Å². The summed E-state index contributed by atoms with van der Waals surface area (Å²) < 4.78 is 13.7. The minimum atomic E-state index is -1.55. The molecule has 1 heterocycles. The summed E-state index contributed by atoms with van der Waals surface area (Å²) in [6.45, 7) is 7.20. The Bertz CT molecular complexity index is 1160. The van der Waals surface area contributed by atoms with Crippen molar-refractivity contribution in [3.05, 3.63) is 90.4 Å². The molecule has 0 aliphatic rings. The molecule has 3 rings (SSSR count). The Morgan fingerprint density at radius 3 is 2.24 bits per heavy atom. The normalized spacial score (nSPS) is 12.9. The SMILES string of the molecule is C=CC(O)CC(=O)C(C(=O)O)c1c(-c2ccc(F)cc2)cc(-c2ccccc2)nc1C(C)C. The molecule has 3 aromatic rings. The van der Waals surface area contributed by atoms with Crippen molar-refractivity contribution >= 4 is 11.8 Å². The zero-order chi connectivity index (χ0) is 24.1. The van der Waals surface area contributed by atoms with E-state index in [1.807, 2.05) is 44.2 Å². The Morgan fingerprint density at radius 2 is 1.70 bits per heavy atom. The average molecular weight is 448 g/mol. The van der Waals surface area contributed by atoms with Crippen LogP contribution in [-0.2, 0) is 9.59 Å². The second kappa shape index (κ2) is 10.3. The third kappa shape index (κ3) is 5.41. The van der Waals surface area contributed by atoms with E-state index >= 15 is 0 Å². The number of halogens is 1. The van der Waals surface area contributed by atoms with E-state index in [1.165, 1.54) is 18.2 Å². The Hall–Kier alpha value is -3.64. The van der Waals surface area contributed by atoms with E-state index < -0.39 is 29.6 Å². The molecular formula is C27H26FNO4. The first-order valence-electron chi connectivity index (χ1n) is 10.6. The topological polar surface area (TPSA) is 87.5 Å². The molecule has 2 atom stereocenters. The molecule has 0 bridgehead atoms. The first-order valence-corrected chi connectivity index (χ1v) is 10.6. The van der Waals surface area contributed by atoms with Crippen LogP contribution in [0, 0.1) is 5.82 Å². The minimum absolute atomic E-state index is 0.207. The standard InChI is InChI=1S/C27H26FNO4/c1-4-20(30)14-23(31)25(27(32)33)24-21(17-10-12-19(28)13-11-17)15-22(29-26(24)16(2)3)18-8-6-5-7-9-18/h4-13,15-16,20,25,30H,1,14H2,2-3H3,(H,32,33). The number of carbonyl (C=O) groups excluding carboxylic acids is 1. The lowest BCUT2D eigenvalue weighted by molar-refractivity contribution is -0.142. The maximum Gasteiger partial charge on any atom is 0.318 e. The number of benzene rings is 2. The monoisotopic (exact) mass is 447 g/mol. The molecule has 170 valence electrons. The van der Waals surface area contributed by atoms with Gasteiger partial charge in [-0.25, -0.2) is 4.39 Å². The molecule has 0 amide bonds. The molecule has 33 heavy (non-hydrogen) atoms. The first-order chi connectivity index (χ1) is 15.7. The number of hydrogen-bond acceptors (Lipinski definition) is 4. The molecule has 2 unspecified atom stereocenters. The zero-order valence-corrected chi connectivity index (χ0v) is 18.5. The number of carboxylic acids is 1. The highest BCUT2D eigenvalue weighted by atomic mass is 19.1. The number of Topliss-reactive ketones (excluding diaryl/α,β-unsaturated/α-hetero) is 1. The van der Waals surface area contributed by atoms with Gasteiger partial charge in [-0.2, -0.15) is 0 Å². The second-order valence-electron chi connectivity index (χ2n) is 8.13. The van der Waals surface area contributed by atoms with E-state index in [4.69, 9.17) is 4.98 Å². The largest absolute Gasteiger partial charge is 0.480 e. The quantitative estimate of drug-likeness (QED) is 0.341. The van der Waals surface area contributed by atoms with E-state index in [-0.39, 0.29) is 17.9 Å². The number of aromatic nitrogens is 1. The predicted octanol–water partition coefficient (Wildman–Crippen LogP) is 5.35. The molecule has 0 radical (unpaired) electrons. The van der Waals surface area contributed by atoms with Crippen molar-refractivity contribution in [3.8, 4) is 22.4 Å². The van der Waals surface area contributed by atoms with Gasteiger partial charge >= 0.3 is 5.97 Å². The zero-order valence-electron chi connectivity index (χ0n) is 18.5. The lowest BCUT2D eigenvalue weighted by Gasteiger charge is -2.23. The van der Waals surface area contributed by atoms with E-state index in [2.05, 4.69) is 6.58 Å². The molecule has 0 aliphatic heterocycles. The maximum absolute atomic E-state index is 13.7. The van der Waals surface area contributed by atoms with Gasteiger partial charge in [-0.05, 0) is 35.2 Å². The van der Waals surface area contributed by atoms with Gasteiger partial charge in [0.25, 0.3) is 0 Å². The molecule has 0 saturated heterocycles. The highest BCUT2D eigenvalue weighted by Crippen LogP contribution is 2.38. The van der Waals surface area contributed by atoms with Crippen LogP contribution in [0.1, 0.15) is 43.4 Å². The van der Waals surface area contributed by atoms with Gasteiger partial charge in [-0.3, -0.25) is 14.6 Å². The number of aliphatic hydroxyl groups excluding tert-OH is 1. The summed E-state index contributed by atoms with van der Waals surface area (Å²) in [6, 6.07) is 16.8. The van der Waals surface area contributed by atoms with Crippen LogP contribution in [0.5, 0.6) is 0 Å². The summed E-state index contributed by atoms with van der Waals surface area (Å²) in [4.78, 5) is 30.2. The van der Waals surface area contributed by atoms with Gasteiger partial charge in [0.1, 0.15) is 11.7 Å². The fraction of sp³-hybridized carbons (Fsp3) is 0.222. The Labute approximate surface area is 192 Å². The van der Waals surface area contributed by atoms with Crippen LogP contribution in [0.3, 0.4) is 0 Å². The fourth-order valence-electron chi connectivity index (χ4n) is 3.77. The van der Waals surface area contributed by atoms with Gasteiger partial charge in [0, 0.05) is 23.2 Å². The third-order valence-corrected chi connectivity index (χ3v) is 5.40. The molecule has 0 aliphatic carbocycles. The number of rotatable bonds is 9. The predicted molar refractivity (Wildman–Crippen MR) is 125 cm³/mol. The Kier molecular flexibility index (Phi) is 7.51. The average Bonchev–Trinajstić information content (AvgIpc) is 2.79. The van der Waals surface area contributed by atoms with Crippen LogP contribution in [-0.4, -0.2) is 33.1 Å². The summed E-state index contributed by atoms with van der Waals surface area (Å²) in [7, 11) is 0. The molecule has 0 spiro atoms. The Morgan fingerprint density at radius 1 is 1.06 bits per heavy atom. The number of aliphatic hydroxyl groups is 1. The van der Waals surface area contributed by atoms with Crippen molar-refractivity contribution in [1.82, 2.24) is 4.98 Å². The van der Waals surface area contributed by atoms with Crippen molar-refractivity contribution in [2.24, 2.45) is 0 Å². The lowest BCUT2D eigenvalue weighted by atomic mass is 9.82. The van der Waals surface area contributed by atoms with Crippen LogP contribution in [0.15, 0.2) is 73.3 Å². The van der Waals surface area contributed by atoms with E-state index in [0.717, 1.165) is 5.56 Å². The van der Waals surface area contributed by atoms with E-state index in [1.54, 1.807) is 18.2 Å². The van der Waals surface area contributed by atoms with Gasteiger partial charge in [-0.15, -0.1) is 6.58 Å². The molecule has 0 saturated carbocycles. The number of hydrogen-bond donors (Lipinski definition) is 2. The highest BCUT2D eigenvalue weighted by molar-refractivity contribution is 6.06. The van der Waals surface area contributed by atoms with Crippen molar-refractivity contribution in [1.29, 1.82) is 0 Å². The second-order valence-corrected chi connectivity index (χ2v) is 8.13. The summed E-state index contributed by atoms with van der Waals surface area (Å²) in [5.41, 5.74) is 3.21. The number of carboxylic acid groups (broad SMARTS) is 1. The Balaban J connectivity index is 2.34. The molecule has 2 N–H and O–H groups in total. The van der Waals surface area contributed by atoms with Gasteiger partial charge in [0.15, 0.2) is 5.78 Å². The number of ketones is 1. The molecule has 5 nitrogen and oxygen atoms in total. The smallest absolute Gasteiger partial charge is 0.318 e. The number of carbonyl (C=O) groups is 2. The number of aliphatic carboxylic acids is 1. The molecule has 6 heteroatoms. The third-order valence-electron chi connectivity index (χ3n) is 5.40. The van der Waals surface area contributed by atoms with Crippen LogP contribution in [0.4, 0.5) is 4.39 Å². The van der Waals surface area contributed by atoms with Crippen LogP contribution >= 0.6 is 0 Å². The summed E-state index contributed by atoms with van der Waals surface area (Å²) in [5.74, 6) is -4.18. The van der Waals surface area contributed by atoms with E-state index in [9.17, 15) is 24.2 Å². The number of nitrogens with zero attached hydrogens (tertiary/aromatic N) is 1. The van der Waals surface area contributed by atoms with Crippen molar-refractivity contribution in [2.75, 3.05) is 0 Å². The minimum Gasteiger partial charge on any atom is -0.480 e. The summed E-state index contributed by atoms with van der Waals surface area (Å²) in [6.07, 6.45) is -0.355. The molecule has 1 aromatic heterocycles. The molecule has 2 aromatic carbocycles. The van der Waals surface area contributed by atoms with Crippen LogP contribution in [0.2, 0.25) is 0 Å². The van der Waals surface area contributed by atoms with Gasteiger partial charge in [0.2, 0.25) is 0 Å². The highest BCUT2D eigenvalue weighted by Gasteiger charge is 2.35. The van der Waals surface area contributed by atoms with Gasteiger partial charge in [-0.1, -0.05) is 62.4 Å². The summed E-state index contributed by atoms with van der Waals surface area (Å²) in [5, 5.41) is 20.0. The maximum atomic E-state index is 13.7. The molecular weight excluding hydrogens is 421 g/mol. The van der Waals surface area contributed by atoms with Gasteiger partial charge in [0.05, 0.1) is 11.8 Å². The van der Waals surface area contributed by atoms with E-state index in [0.29, 0.717) is 22.5 Å².